The Hall–Kier alpha value is -0.440. The molecule has 0 fully saturated rings. The molecule has 1 rings (SSSR count). The average molecular weight is 220 g/mol. The zero-order valence-electron chi connectivity index (χ0n) is 7.26. The predicted octanol–water partition coefficient (Wildman–Crippen LogP) is 2.72. The van der Waals surface area contributed by atoms with Gasteiger partial charge in [-0.1, -0.05) is 23.2 Å². The largest absolute Gasteiger partial charge is 0.490 e. The Morgan fingerprint density at radius 3 is 2.69 bits per heavy atom. The van der Waals surface area contributed by atoms with Crippen molar-refractivity contribution in [3.8, 4) is 5.75 Å². The molecular weight excluding hydrogens is 209 g/mol. The Kier molecular flexibility index (Phi) is 3.85. The van der Waals surface area contributed by atoms with E-state index in [0.717, 1.165) is 0 Å². The van der Waals surface area contributed by atoms with E-state index < -0.39 is 0 Å². The van der Waals surface area contributed by atoms with E-state index in [2.05, 4.69) is 0 Å². The van der Waals surface area contributed by atoms with E-state index >= 15 is 0 Å². The zero-order valence-corrected chi connectivity index (χ0v) is 8.77. The van der Waals surface area contributed by atoms with Gasteiger partial charge in [0.15, 0.2) is 0 Å². The topological polar surface area (TPSA) is 35.2 Å². The lowest BCUT2D eigenvalue weighted by molar-refractivity contribution is 0.296. The van der Waals surface area contributed by atoms with Gasteiger partial charge in [0.1, 0.15) is 12.4 Å². The van der Waals surface area contributed by atoms with Crippen molar-refractivity contribution in [1.82, 2.24) is 0 Å². The molecule has 0 saturated heterocycles. The molecule has 1 atom stereocenters. The first kappa shape index (κ1) is 10.6. The van der Waals surface area contributed by atoms with Crippen molar-refractivity contribution in [2.75, 3.05) is 6.61 Å². The third-order valence-electron chi connectivity index (χ3n) is 1.40. The van der Waals surface area contributed by atoms with E-state index in [1.54, 1.807) is 18.2 Å². The first-order valence-corrected chi connectivity index (χ1v) is 4.68. The van der Waals surface area contributed by atoms with Crippen LogP contribution in [0.1, 0.15) is 6.92 Å². The lowest BCUT2D eigenvalue weighted by atomic mass is 10.3. The number of rotatable bonds is 3. The maximum Gasteiger partial charge on any atom is 0.138 e. The molecular formula is C9H11Cl2NO. The lowest BCUT2D eigenvalue weighted by Gasteiger charge is -2.09. The number of nitrogens with two attached hydrogens (primary N) is 1. The SMILES string of the molecule is C[C@@H](N)COc1ccc(Cl)cc1Cl. The van der Waals surface area contributed by atoms with Crippen LogP contribution in [0.4, 0.5) is 0 Å². The minimum atomic E-state index is -0.00764. The number of halogens is 2. The maximum absolute atomic E-state index is 5.86. The summed E-state index contributed by atoms with van der Waals surface area (Å²) in [6, 6.07) is 5.09. The average Bonchev–Trinajstić information content (AvgIpc) is 2.02. The molecule has 1 aromatic rings. The molecule has 0 heterocycles. The van der Waals surface area contributed by atoms with Crippen molar-refractivity contribution >= 4 is 23.2 Å². The van der Waals surface area contributed by atoms with Crippen molar-refractivity contribution in [2.45, 2.75) is 13.0 Å². The maximum atomic E-state index is 5.86. The van der Waals surface area contributed by atoms with Crippen molar-refractivity contribution in [3.05, 3.63) is 28.2 Å². The van der Waals surface area contributed by atoms with Gasteiger partial charge in [0.05, 0.1) is 5.02 Å². The van der Waals surface area contributed by atoms with Crippen LogP contribution < -0.4 is 10.5 Å². The molecule has 0 bridgehead atoms. The normalized spacial score (nSPS) is 12.6. The van der Waals surface area contributed by atoms with Gasteiger partial charge in [-0.2, -0.15) is 0 Å². The minimum Gasteiger partial charge on any atom is -0.490 e. The first-order valence-electron chi connectivity index (χ1n) is 3.93. The molecule has 0 amide bonds. The van der Waals surface area contributed by atoms with E-state index in [1.165, 1.54) is 0 Å². The highest BCUT2D eigenvalue weighted by molar-refractivity contribution is 6.35. The quantitative estimate of drug-likeness (QED) is 0.849. The summed E-state index contributed by atoms with van der Waals surface area (Å²) in [6.45, 7) is 2.31. The third kappa shape index (κ3) is 3.43. The summed E-state index contributed by atoms with van der Waals surface area (Å²) in [5, 5.41) is 1.10. The van der Waals surface area contributed by atoms with Crippen LogP contribution >= 0.6 is 23.2 Å². The second kappa shape index (κ2) is 4.70. The summed E-state index contributed by atoms with van der Waals surface area (Å²) in [6.07, 6.45) is 0. The van der Waals surface area contributed by atoms with E-state index in [4.69, 9.17) is 33.7 Å². The van der Waals surface area contributed by atoms with Crippen LogP contribution in [0.2, 0.25) is 10.0 Å². The van der Waals surface area contributed by atoms with Crippen LogP contribution in [-0.2, 0) is 0 Å². The highest BCUT2D eigenvalue weighted by Crippen LogP contribution is 2.27. The fourth-order valence-electron chi connectivity index (χ4n) is 0.813. The van der Waals surface area contributed by atoms with Gasteiger partial charge in [-0.15, -0.1) is 0 Å². The van der Waals surface area contributed by atoms with Gasteiger partial charge < -0.3 is 10.5 Å². The fourth-order valence-corrected chi connectivity index (χ4v) is 1.28. The second-order valence-corrected chi connectivity index (χ2v) is 3.71. The summed E-state index contributed by atoms with van der Waals surface area (Å²) in [7, 11) is 0. The van der Waals surface area contributed by atoms with Gasteiger partial charge in [-0.05, 0) is 25.1 Å². The predicted molar refractivity (Wildman–Crippen MR) is 55.6 cm³/mol. The fraction of sp³-hybridized carbons (Fsp3) is 0.333. The molecule has 2 N–H and O–H groups in total. The Morgan fingerprint density at radius 2 is 2.15 bits per heavy atom. The molecule has 0 saturated carbocycles. The zero-order chi connectivity index (χ0) is 9.84. The van der Waals surface area contributed by atoms with Gasteiger partial charge in [-0.25, -0.2) is 0 Å². The Balaban J connectivity index is 2.67. The monoisotopic (exact) mass is 219 g/mol. The third-order valence-corrected chi connectivity index (χ3v) is 1.93. The number of hydrogen-bond donors (Lipinski definition) is 1. The van der Waals surface area contributed by atoms with Crippen LogP contribution in [0.5, 0.6) is 5.75 Å². The Morgan fingerprint density at radius 1 is 1.46 bits per heavy atom. The van der Waals surface area contributed by atoms with Gasteiger partial charge in [0.25, 0.3) is 0 Å². The summed E-state index contributed by atoms with van der Waals surface area (Å²) in [5.74, 6) is 0.614. The first-order chi connectivity index (χ1) is 6.09. The number of ether oxygens (including phenoxy) is 1. The van der Waals surface area contributed by atoms with Crippen LogP contribution in [0, 0.1) is 0 Å². The van der Waals surface area contributed by atoms with Gasteiger partial charge in [-0.3, -0.25) is 0 Å². The standard InChI is InChI=1S/C9H11Cl2NO/c1-6(12)5-13-9-3-2-7(10)4-8(9)11/h2-4,6H,5,12H2,1H3/t6-/m1/s1. The summed E-state index contributed by atoms with van der Waals surface area (Å²) < 4.78 is 5.34. The molecule has 72 valence electrons. The summed E-state index contributed by atoms with van der Waals surface area (Å²) in [5.41, 5.74) is 5.53. The van der Waals surface area contributed by atoms with Crippen molar-refractivity contribution in [3.63, 3.8) is 0 Å². The molecule has 0 aromatic heterocycles. The van der Waals surface area contributed by atoms with E-state index in [1.807, 2.05) is 6.92 Å². The van der Waals surface area contributed by atoms with Gasteiger partial charge in [0.2, 0.25) is 0 Å². The minimum absolute atomic E-state index is 0.00764. The molecule has 0 aliphatic rings. The second-order valence-electron chi connectivity index (χ2n) is 2.86. The molecule has 0 radical (unpaired) electrons. The van der Waals surface area contributed by atoms with Gasteiger partial charge >= 0.3 is 0 Å². The molecule has 0 aliphatic heterocycles. The van der Waals surface area contributed by atoms with Crippen molar-refractivity contribution in [2.24, 2.45) is 5.73 Å². The van der Waals surface area contributed by atoms with Crippen LogP contribution in [0.3, 0.4) is 0 Å². The summed E-state index contributed by atoms with van der Waals surface area (Å²) >= 11 is 11.6. The molecule has 0 aliphatic carbocycles. The highest BCUT2D eigenvalue weighted by Gasteiger charge is 2.02. The number of benzene rings is 1. The smallest absolute Gasteiger partial charge is 0.138 e. The molecule has 0 unspecified atom stereocenters. The Bertz CT molecular complexity index is 289. The molecule has 0 spiro atoms. The summed E-state index contributed by atoms with van der Waals surface area (Å²) in [4.78, 5) is 0. The van der Waals surface area contributed by atoms with Crippen LogP contribution in [0.15, 0.2) is 18.2 Å². The van der Waals surface area contributed by atoms with E-state index in [9.17, 15) is 0 Å². The Labute approximate surface area is 87.6 Å². The van der Waals surface area contributed by atoms with Gasteiger partial charge in [0, 0.05) is 11.1 Å². The molecule has 2 nitrogen and oxygen atoms in total. The van der Waals surface area contributed by atoms with E-state index in [-0.39, 0.29) is 6.04 Å². The van der Waals surface area contributed by atoms with Crippen LogP contribution in [-0.4, -0.2) is 12.6 Å². The van der Waals surface area contributed by atoms with Crippen LogP contribution in [0.25, 0.3) is 0 Å². The molecule has 1 aromatic carbocycles. The number of hydrogen-bond acceptors (Lipinski definition) is 2. The van der Waals surface area contributed by atoms with Crippen molar-refractivity contribution in [1.29, 1.82) is 0 Å². The molecule has 13 heavy (non-hydrogen) atoms. The lowest BCUT2D eigenvalue weighted by Crippen LogP contribution is -2.23. The van der Waals surface area contributed by atoms with Crippen molar-refractivity contribution < 1.29 is 4.74 Å². The highest BCUT2D eigenvalue weighted by atomic mass is 35.5. The van der Waals surface area contributed by atoms with E-state index in [0.29, 0.717) is 22.4 Å². The molecule has 4 heteroatoms.